The largest absolute Gasteiger partial charge is 0.396 e. The van der Waals surface area contributed by atoms with Gasteiger partial charge in [-0.25, -0.2) is 0 Å². The molecular formula is C17H26N2O2. The minimum Gasteiger partial charge on any atom is -0.396 e. The highest BCUT2D eigenvalue weighted by atomic mass is 16.3. The van der Waals surface area contributed by atoms with Crippen molar-refractivity contribution in [1.82, 2.24) is 5.32 Å². The van der Waals surface area contributed by atoms with Gasteiger partial charge >= 0.3 is 0 Å². The third-order valence-electron chi connectivity index (χ3n) is 4.59. The number of amides is 1. The summed E-state index contributed by atoms with van der Waals surface area (Å²) in [7, 11) is 0. The molecule has 4 heteroatoms. The first-order valence-electron chi connectivity index (χ1n) is 7.89. The van der Waals surface area contributed by atoms with E-state index in [1.807, 2.05) is 30.3 Å². The number of benzene rings is 1. The maximum Gasteiger partial charge on any atom is 0.228 e. The molecule has 1 aliphatic carbocycles. The van der Waals surface area contributed by atoms with Crippen LogP contribution in [0.25, 0.3) is 0 Å². The highest BCUT2D eigenvalue weighted by Gasteiger charge is 2.26. The number of aliphatic hydroxyl groups excluding tert-OH is 1. The lowest BCUT2D eigenvalue weighted by molar-refractivity contribution is -0.122. The summed E-state index contributed by atoms with van der Waals surface area (Å²) in [5, 5.41) is 12.5. The van der Waals surface area contributed by atoms with Gasteiger partial charge < -0.3 is 16.2 Å². The first-order chi connectivity index (χ1) is 10.3. The van der Waals surface area contributed by atoms with E-state index in [4.69, 9.17) is 5.73 Å². The van der Waals surface area contributed by atoms with Crippen LogP contribution in [0.4, 0.5) is 0 Å². The molecular weight excluding hydrogens is 264 g/mol. The molecule has 0 aromatic heterocycles. The Labute approximate surface area is 126 Å². The Morgan fingerprint density at radius 2 is 1.90 bits per heavy atom. The van der Waals surface area contributed by atoms with E-state index in [0.717, 1.165) is 18.4 Å². The van der Waals surface area contributed by atoms with Gasteiger partial charge in [-0.1, -0.05) is 43.2 Å². The zero-order valence-corrected chi connectivity index (χ0v) is 12.5. The number of aliphatic hydroxyl groups is 1. The molecule has 0 radical (unpaired) electrons. The van der Waals surface area contributed by atoms with Gasteiger partial charge in [-0.05, 0) is 30.2 Å². The summed E-state index contributed by atoms with van der Waals surface area (Å²) in [4.78, 5) is 12.4. The monoisotopic (exact) mass is 290 g/mol. The maximum atomic E-state index is 12.4. The zero-order valence-electron chi connectivity index (χ0n) is 12.5. The first-order valence-corrected chi connectivity index (χ1v) is 7.89. The molecule has 116 valence electrons. The molecule has 0 saturated heterocycles. The molecule has 1 aromatic carbocycles. The van der Waals surface area contributed by atoms with Crippen molar-refractivity contribution in [3.05, 3.63) is 35.9 Å². The summed E-state index contributed by atoms with van der Waals surface area (Å²) < 4.78 is 0. The molecule has 0 spiro atoms. The smallest absolute Gasteiger partial charge is 0.228 e. The lowest BCUT2D eigenvalue weighted by atomic mass is 9.79. The summed E-state index contributed by atoms with van der Waals surface area (Å²) in [6, 6.07) is 9.66. The Hall–Kier alpha value is -1.39. The summed E-state index contributed by atoms with van der Waals surface area (Å²) >= 11 is 0. The molecule has 1 aliphatic rings. The Balaban J connectivity index is 1.90. The van der Waals surface area contributed by atoms with E-state index in [1.165, 1.54) is 12.8 Å². The lowest BCUT2D eigenvalue weighted by Crippen LogP contribution is -2.39. The van der Waals surface area contributed by atoms with Gasteiger partial charge in [-0.15, -0.1) is 0 Å². The molecule has 3 atom stereocenters. The molecule has 4 N–H and O–H groups in total. The van der Waals surface area contributed by atoms with Gasteiger partial charge in [-0.3, -0.25) is 4.79 Å². The van der Waals surface area contributed by atoms with Crippen LogP contribution in [0.15, 0.2) is 30.3 Å². The zero-order chi connectivity index (χ0) is 15.1. The van der Waals surface area contributed by atoms with Crippen LogP contribution in [0, 0.1) is 11.8 Å². The van der Waals surface area contributed by atoms with Gasteiger partial charge in [-0.2, -0.15) is 0 Å². The van der Waals surface area contributed by atoms with Crippen molar-refractivity contribution < 1.29 is 9.90 Å². The summed E-state index contributed by atoms with van der Waals surface area (Å²) in [5.74, 6) is 0.419. The van der Waals surface area contributed by atoms with E-state index in [0.29, 0.717) is 24.9 Å². The minimum atomic E-state index is -0.289. The number of hydrogen-bond acceptors (Lipinski definition) is 3. The fraction of sp³-hybridized carbons (Fsp3) is 0.588. The van der Waals surface area contributed by atoms with Crippen molar-refractivity contribution in [2.45, 2.75) is 31.6 Å². The highest BCUT2D eigenvalue weighted by Crippen LogP contribution is 2.29. The molecule has 1 amide bonds. The molecule has 21 heavy (non-hydrogen) atoms. The van der Waals surface area contributed by atoms with E-state index in [1.54, 1.807) is 0 Å². The second-order valence-electron chi connectivity index (χ2n) is 5.93. The van der Waals surface area contributed by atoms with E-state index < -0.39 is 0 Å². The second kappa shape index (κ2) is 8.15. The van der Waals surface area contributed by atoms with Crippen molar-refractivity contribution in [2.24, 2.45) is 17.6 Å². The van der Waals surface area contributed by atoms with Crippen molar-refractivity contribution in [3.63, 3.8) is 0 Å². The number of rotatable bonds is 6. The van der Waals surface area contributed by atoms with Gasteiger partial charge in [0.2, 0.25) is 5.91 Å². The van der Waals surface area contributed by atoms with Crippen molar-refractivity contribution >= 4 is 5.91 Å². The molecule has 4 nitrogen and oxygen atoms in total. The van der Waals surface area contributed by atoms with E-state index in [2.05, 4.69) is 5.32 Å². The molecule has 0 aliphatic heterocycles. The van der Waals surface area contributed by atoms with Crippen LogP contribution in [-0.4, -0.2) is 30.7 Å². The van der Waals surface area contributed by atoms with Gasteiger partial charge in [0, 0.05) is 19.7 Å². The number of carbonyl (C=O) groups excluding carboxylic acids is 1. The van der Waals surface area contributed by atoms with Gasteiger partial charge in [0.1, 0.15) is 0 Å². The lowest BCUT2D eigenvalue weighted by Gasteiger charge is -2.30. The summed E-state index contributed by atoms with van der Waals surface area (Å²) in [6.07, 6.45) is 4.53. The average molecular weight is 290 g/mol. The van der Waals surface area contributed by atoms with E-state index in [9.17, 15) is 9.90 Å². The fourth-order valence-corrected chi connectivity index (χ4v) is 3.23. The minimum absolute atomic E-state index is 0.00837. The molecule has 2 rings (SSSR count). The third-order valence-corrected chi connectivity index (χ3v) is 4.59. The van der Waals surface area contributed by atoms with E-state index in [-0.39, 0.29) is 18.4 Å². The SMILES string of the molecule is NCC(C(=O)NCC1CCCCC1CO)c1ccccc1. The van der Waals surface area contributed by atoms with Crippen molar-refractivity contribution in [2.75, 3.05) is 19.7 Å². The molecule has 0 bridgehead atoms. The number of nitrogens with two attached hydrogens (primary N) is 1. The topological polar surface area (TPSA) is 75.4 Å². The van der Waals surface area contributed by atoms with Crippen molar-refractivity contribution in [1.29, 1.82) is 0 Å². The molecule has 0 heterocycles. The van der Waals surface area contributed by atoms with Crippen LogP contribution in [-0.2, 0) is 4.79 Å². The number of carbonyl (C=O) groups is 1. The molecule has 1 aromatic rings. The van der Waals surface area contributed by atoms with Gasteiger partial charge in [0.15, 0.2) is 0 Å². The van der Waals surface area contributed by atoms with Crippen LogP contribution in [0.1, 0.15) is 37.2 Å². The fourth-order valence-electron chi connectivity index (χ4n) is 3.23. The normalized spacial score (nSPS) is 23.5. The Morgan fingerprint density at radius 1 is 1.24 bits per heavy atom. The van der Waals surface area contributed by atoms with Crippen LogP contribution in [0.3, 0.4) is 0 Å². The van der Waals surface area contributed by atoms with Crippen LogP contribution < -0.4 is 11.1 Å². The summed E-state index contributed by atoms with van der Waals surface area (Å²) in [6.45, 7) is 1.18. The van der Waals surface area contributed by atoms with E-state index >= 15 is 0 Å². The predicted octanol–water partition coefficient (Wildman–Crippen LogP) is 1.64. The molecule has 1 fully saturated rings. The number of hydrogen-bond donors (Lipinski definition) is 3. The average Bonchev–Trinajstić information content (AvgIpc) is 2.55. The first kappa shape index (κ1) is 16.0. The van der Waals surface area contributed by atoms with Crippen molar-refractivity contribution in [3.8, 4) is 0 Å². The highest BCUT2D eigenvalue weighted by molar-refractivity contribution is 5.83. The predicted molar refractivity (Wildman–Crippen MR) is 83.8 cm³/mol. The molecule has 3 unspecified atom stereocenters. The van der Waals surface area contributed by atoms with Gasteiger partial charge in [0.05, 0.1) is 5.92 Å². The quantitative estimate of drug-likeness (QED) is 0.745. The maximum absolute atomic E-state index is 12.4. The number of nitrogens with one attached hydrogen (secondary N) is 1. The van der Waals surface area contributed by atoms with Crippen LogP contribution in [0.2, 0.25) is 0 Å². The Bertz CT molecular complexity index is 436. The third kappa shape index (κ3) is 4.29. The Kier molecular flexibility index (Phi) is 6.21. The summed E-state index contributed by atoms with van der Waals surface area (Å²) in [5.41, 5.74) is 6.73. The van der Waals surface area contributed by atoms with Crippen LogP contribution >= 0.6 is 0 Å². The van der Waals surface area contributed by atoms with Crippen LogP contribution in [0.5, 0.6) is 0 Å². The second-order valence-corrected chi connectivity index (χ2v) is 5.93. The molecule has 1 saturated carbocycles. The standard InChI is InChI=1S/C17H26N2O2/c18-10-16(13-6-2-1-3-7-13)17(21)19-11-14-8-4-5-9-15(14)12-20/h1-3,6-7,14-16,20H,4-5,8-12,18H2,(H,19,21). The Morgan fingerprint density at radius 3 is 2.52 bits per heavy atom. The van der Waals surface area contributed by atoms with Gasteiger partial charge in [0.25, 0.3) is 0 Å².